The topological polar surface area (TPSA) is 102 Å². The van der Waals surface area contributed by atoms with Crippen molar-refractivity contribution in [3.63, 3.8) is 0 Å². The normalized spacial score (nSPS) is 14.2. The lowest BCUT2D eigenvalue weighted by Crippen LogP contribution is -2.36. The van der Waals surface area contributed by atoms with Crippen LogP contribution in [0.2, 0.25) is 0 Å². The molecule has 8 nitrogen and oxygen atoms in total. The van der Waals surface area contributed by atoms with Crippen molar-refractivity contribution < 1.29 is 14.3 Å². The number of nitrogens with one attached hydrogen (secondary N) is 2. The summed E-state index contributed by atoms with van der Waals surface area (Å²) in [6, 6.07) is 10.7. The number of H-pyrrole nitrogens is 1. The molecule has 1 amide bonds. The summed E-state index contributed by atoms with van der Waals surface area (Å²) in [6.45, 7) is 6.81. The number of nitrogens with zero attached hydrogens (tertiary/aromatic N) is 1. The Balaban J connectivity index is 1.41. The summed E-state index contributed by atoms with van der Waals surface area (Å²) in [4.78, 5) is 38.9. The molecule has 2 N–H and O–H groups in total. The first-order chi connectivity index (χ1) is 14.8. The van der Waals surface area contributed by atoms with E-state index in [9.17, 15) is 14.4 Å². The summed E-state index contributed by atoms with van der Waals surface area (Å²) < 4.78 is 13.2. The van der Waals surface area contributed by atoms with E-state index in [0.29, 0.717) is 35.4 Å². The molecule has 0 radical (unpaired) electrons. The van der Waals surface area contributed by atoms with Crippen molar-refractivity contribution in [1.29, 1.82) is 0 Å². The Morgan fingerprint density at radius 1 is 1.26 bits per heavy atom. The summed E-state index contributed by atoms with van der Waals surface area (Å²) in [5.74, 6) is 1.13. The van der Waals surface area contributed by atoms with Crippen LogP contribution in [0, 0.1) is 0 Å². The Bertz CT molecular complexity index is 1270. The molecule has 0 aliphatic carbocycles. The van der Waals surface area contributed by atoms with Gasteiger partial charge in [0.2, 0.25) is 0 Å². The van der Waals surface area contributed by atoms with Crippen molar-refractivity contribution in [2.45, 2.75) is 39.3 Å². The molecule has 0 saturated carbocycles. The van der Waals surface area contributed by atoms with Gasteiger partial charge in [-0.25, -0.2) is 0 Å². The number of aromatic nitrogens is 2. The maximum absolute atomic E-state index is 12.5. The second-order valence-electron chi connectivity index (χ2n) is 8.12. The van der Waals surface area contributed by atoms with Gasteiger partial charge in [0, 0.05) is 24.1 Å². The van der Waals surface area contributed by atoms with Crippen LogP contribution in [0.25, 0.3) is 11.0 Å². The standard InChI is InChI=1S/C23H25N3O5/c1-4-26-17-9-8-14(12-16(17)25-21(28)22(26)29)20(27)24-10-11-30-18-7-5-6-15-13-23(2,3)31-19(15)18/h5-9,12H,4,10-11,13H2,1-3H3,(H,24,27)(H,25,28). The molecular formula is C23H25N3O5. The molecule has 4 rings (SSSR count). The molecule has 2 aromatic carbocycles. The number of aromatic amines is 1. The number of hydrogen-bond donors (Lipinski definition) is 2. The van der Waals surface area contributed by atoms with Crippen molar-refractivity contribution >= 4 is 16.9 Å². The Kier molecular flexibility index (Phi) is 5.31. The molecule has 0 bridgehead atoms. The molecule has 1 aliphatic heterocycles. The fourth-order valence-corrected chi connectivity index (χ4v) is 3.86. The average molecular weight is 423 g/mol. The number of amides is 1. The van der Waals surface area contributed by atoms with E-state index in [1.807, 2.05) is 32.0 Å². The number of carbonyl (C=O) groups is 1. The Labute approximate surface area is 178 Å². The highest BCUT2D eigenvalue weighted by Gasteiger charge is 2.32. The van der Waals surface area contributed by atoms with Gasteiger partial charge in [-0.05, 0) is 45.0 Å². The molecule has 0 saturated heterocycles. The van der Waals surface area contributed by atoms with Crippen LogP contribution in [0.3, 0.4) is 0 Å². The van der Waals surface area contributed by atoms with Gasteiger partial charge in [-0.3, -0.25) is 14.4 Å². The van der Waals surface area contributed by atoms with Gasteiger partial charge in [-0.2, -0.15) is 0 Å². The zero-order valence-corrected chi connectivity index (χ0v) is 17.8. The first kappa shape index (κ1) is 20.7. The van der Waals surface area contributed by atoms with Gasteiger partial charge in [0.15, 0.2) is 11.5 Å². The minimum Gasteiger partial charge on any atom is -0.488 e. The predicted octanol–water partition coefficient (Wildman–Crippen LogP) is 2.23. The Morgan fingerprint density at radius 3 is 2.84 bits per heavy atom. The van der Waals surface area contributed by atoms with Crippen molar-refractivity contribution in [3.05, 3.63) is 68.2 Å². The lowest BCUT2D eigenvalue weighted by Gasteiger charge is -2.18. The maximum Gasteiger partial charge on any atom is 0.316 e. The minimum atomic E-state index is -0.707. The van der Waals surface area contributed by atoms with E-state index in [2.05, 4.69) is 10.3 Å². The third-order valence-electron chi connectivity index (χ3n) is 5.25. The van der Waals surface area contributed by atoms with Crippen LogP contribution in [-0.4, -0.2) is 34.2 Å². The van der Waals surface area contributed by atoms with Gasteiger partial charge in [0.1, 0.15) is 12.2 Å². The number of rotatable bonds is 6. The van der Waals surface area contributed by atoms with E-state index in [1.165, 1.54) is 4.57 Å². The van der Waals surface area contributed by atoms with Crippen molar-refractivity contribution in [3.8, 4) is 11.5 Å². The summed E-state index contributed by atoms with van der Waals surface area (Å²) in [5, 5.41) is 2.81. The molecule has 0 atom stereocenters. The lowest BCUT2D eigenvalue weighted by molar-refractivity contribution is 0.0946. The highest BCUT2D eigenvalue weighted by Crippen LogP contribution is 2.41. The van der Waals surface area contributed by atoms with Crippen LogP contribution in [-0.2, 0) is 13.0 Å². The van der Waals surface area contributed by atoms with Gasteiger partial charge >= 0.3 is 11.1 Å². The van der Waals surface area contributed by atoms with Crippen LogP contribution in [0.15, 0.2) is 46.0 Å². The lowest BCUT2D eigenvalue weighted by atomic mass is 10.0. The molecule has 31 heavy (non-hydrogen) atoms. The molecule has 1 aromatic heterocycles. The largest absolute Gasteiger partial charge is 0.488 e. The van der Waals surface area contributed by atoms with Crippen LogP contribution in [0.5, 0.6) is 11.5 Å². The third kappa shape index (κ3) is 4.05. The summed E-state index contributed by atoms with van der Waals surface area (Å²) in [5.41, 5.74) is 0.945. The number of hydrogen-bond acceptors (Lipinski definition) is 5. The molecule has 8 heteroatoms. The van der Waals surface area contributed by atoms with Crippen molar-refractivity contribution in [1.82, 2.24) is 14.9 Å². The molecule has 162 valence electrons. The van der Waals surface area contributed by atoms with Crippen LogP contribution < -0.4 is 25.9 Å². The number of aryl methyl sites for hydroxylation is 1. The Morgan fingerprint density at radius 2 is 2.06 bits per heavy atom. The molecular weight excluding hydrogens is 398 g/mol. The highest BCUT2D eigenvalue weighted by atomic mass is 16.5. The summed E-state index contributed by atoms with van der Waals surface area (Å²) >= 11 is 0. The number of fused-ring (bicyclic) bond motifs is 2. The molecule has 3 aromatic rings. The van der Waals surface area contributed by atoms with E-state index >= 15 is 0 Å². The number of benzene rings is 2. The molecule has 1 aliphatic rings. The van der Waals surface area contributed by atoms with Gasteiger partial charge in [-0.15, -0.1) is 0 Å². The van der Waals surface area contributed by atoms with Crippen molar-refractivity contribution in [2.75, 3.05) is 13.2 Å². The van der Waals surface area contributed by atoms with Gasteiger partial charge < -0.3 is 24.3 Å². The summed E-state index contributed by atoms with van der Waals surface area (Å²) in [7, 11) is 0. The van der Waals surface area contributed by atoms with Gasteiger partial charge in [-0.1, -0.05) is 12.1 Å². The quantitative estimate of drug-likeness (QED) is 0.468. The smallest absolute Gasteiger partial charge is 0.316 e. The molecule has 2 heterocycles. The monoisotopic (exact) mass is 423 g/mol. The Hall–Kier alpha value is -3.55. The minimum absolute atomic E-state index is 0.254. The van der Waals surface area contributed by atoms with Crippen LogP contribution >= 0.6 is 0 Å². The van der Waals surface area contributed by atoms with E-state index in [-0.39, 0.29) is 18.1 Å². The fraction of sp³-hybridized carbons (Fsp3) is 0.348. The van der Waals surface area contributed by atoms with Crippen LogP contribution in [0.4, 0.5) is 0 Å². The second-order valence-corrected chi connectivity index (χ2v) is 8.12. The van der Waals surface area contributed by atoms with Gasteiger partial charge in [0.05, 0.1) is 17.6 Å². The van der Waals surface area contributed by atoms with E-state index in [1.54, 1.807) is 25.1 Å². The zero-order valence-electron chi connectivity index (χ0n) is 17.8. The van der Waals surface area contributed by atoms with E-state index in [0.717, 1.165) is 17.7 Å². The maximum atomic E-state index is 12.5. The first-order valence-corrected chi connectivity index (χ1v) is 10.3. The molecule has 0 unspecified atom stereocenters. The summed E-state index contributed by atoms with van der Waals surface area (Å²) in [6.07, 6.45) is 0.826. The molecule has 0 fully saturated rings. The third-order valence-corrected chi connectivity index (χ3v) is 5.25. The number of ether oxygens (including phenoxy) is 2. The van der Waals surface area contributed by atoms with E-state index in [4.69, 9.17) is 9.47 Å². The SMILES string of the molecule is CCn1c(=O)c(=O)[nH]c2cc(C(=O)NCCOc3cccc4c3OC(C)(C)C4)ccc21. The van der Waals surface area contributed by atoms with Crippen molar-refractivity contribution in [2.24, 2.45) is 0 Å². The second kappa shape index (κ2) is 7.94. The average Bonchev–Trinajstić information content (AvgIpc) is 3.06. The predicted molar refractivity (Wildman–Crippen MR) is 117 cm³/mol. The molecule has 0 spiro atoms. The number of para-hydroxylation sites is 1. The number of carbonyl (C=O) groups excluding carboxylic acids is 1. The zero-order chi connectivity index (χ0) is 22.2. The van der Waals surface area contributed by atoms with E-state index < -0.39 is 11.1 Å². The highest BCUT2D eigenvalue weighted by molar-refractivity contribution is 5.97. The van der Waals surface area contributed by atoms with Gasteiger partial charge in [0.25, 0.3) is 5.91 Å². The fourth-order valence-electron chi connectivity index (χ4n) is 3.86. The van der Waals surface area contributed by atoms with Crippen LogP contribution in [0.1, 0.15) is 36.7 Å². The first-order valence-electron chi connectivity index (χ1n) is 10.3.